The van der Waals surface area contributed by atoms with E-state index in [1.54, 1.807) is 0 Å². The summed E-state index contributed by atoms with van der Waals surface area (Å²) < 4.78 is 16.7. The zero-order valence-electron chi connectivity index (χ0n) is 8.78. The molecular weight excluding hydrogens is 198 g/mol. The first-order valence-electron chi connectivity index (χ1n) is 5.46. The molecule has 2 saturated heterocycles. The average Bonchev–Trinajstić information content (AvgIpc) is 2.19. The van der Waals surface area contributed by atoms with E-state index in [0.717, 1.165) is 44.0 Å². The second-order valence-corrected chi connectivity index (χ2v) is 5.95. The zero-order valence-corrected chi connectivity index (χ0v) is 9.59. The van der Waals surface area contributed by atoms with E-state index in [-0.39, 0.29) is 0 Å². The molecule has 0 aliphatic carbocycles. The third-order valence-electron chi connectivity index (χ3n) is 3.15. The molecule has 2 aliphatic heterocycles. The zero-order chi connectivity index (χ0) is 9.97. The fourth-order valence-electron chi connectivity index (χ4n) is 2.32. The molecular formula is C10H19NO2S. The first kappa shape index (κ1) is 10.7. The number of nitrogens with zero attached hydrogens (tertiary/aromatic N) is 1. The number of rotatable bonds is 1. The van der Waals surface area contributed by atoms with E-state index >= 15 is 0 Å². The van der Waals surface area contributed by atoms with Gasteiger partial charge >= 0.3 is 0 Å². The Labute approximate surface area is 89.0 Å². The summed E-state index contributed by atoms with van der Waals surface area (Å²) in [6, 6.07) is 0.666. The summed E-state index contributed by atoms with van der Waals surface area (Å²) in [7, 11) is 0. The Morgan fingerprint density at radius 3 is 2.71 bits per heavy atom. The third kappa shape index (κ3) is 2.63. The van der Waals surface area contributed by atoms with Gasteiger partial charge in [-0.2, -0.15) is 0 Å². The molecule has 0 radical (unpaired) electrons. The minimum absolute atomic E-state index is 0.371. The molecule has 0 aromatic carbocycles. The highest BCUT2D eigenvalue weighted by Crippen LogP contribution is 2.20. The molecule has 2 fully saturated rings. The van der Waals surface area contributed by atoms with Gasteiger partial charge in [-0.3, -0.25) is 4.90 Å². The van der Waals surface area contributed by atoms with Crippen LogP contribution in [0, 0.1) is 0 Å². The molecule has 0 aromatic heterocycles. The van der Waals surface area contributed by atoms with Crippen molar-refractivity contribution in [1.82, 2.24) is 4.90 Å². The van der Waals surface area contributed by atoms with Gasteiger partial charge in [0.05, 0.1) is 12.7 Å². The van der Waals surface area contributed by atoms with Crippen LogP contribution in [0.4, 0.5) is 0 Å². The maximum Gasteiger partial charge on any atom is 0.107 e. The van der Waals surface area contributed by atoms with Gasteiger partial charge in [0, 0.05) is 32.0 Å². The predicted octanol–water partition coefficient (Wildman–Crippen LogP) is 0.618. The highest BCUT2D eigenvalue weighted by Gasteiger charge is 2.29. The van der Waals surface area contributed by atoms with E-state index in [9.17, 15) is 4.55 Å². The Balaban J connectivity index is 1.82. The molecule has 82 valence electrons. The predicted molar refractivity (Wildman–Crippen MR) is 57.9 cm³/mol. The van der Waals surface area contributed by atoms with Gasteiger partial charge in [-0.15, -0.1) is 0 Å². The minimum atomic E-state index is -0.532. The fraction of sp³-hybridized carbons (Fsp3) is 1.00. The topological polar surface area (TPSA) is 35.5 Å². The van der Waals surface area contributed by atoms with Crippen molar-refractivity contribution in [3.8, 4) is 0 Å². The van der Waals surface area contributed by atoms with Crippen molar-refractivity contribution >= 4 is 11.2 Å². The maximum absolute atomic E-state index is 11.2. The quantitative estimate of drug-likeness (QED) is 0.604. The Bertz CT molecular complexity index is 183. The van der Waals surface area contributed by atoms with E-state index < -0.39 is 11.2 Å². The second-order valence-electron chi connectivity index (χ2n) is 4.26. The molecule has 0 bridgehead atoms. The molecule has 1 unspecified atom stereocenters. The summed E-state index contributed by atoms with van der Waals surface area (Å²) in [5.41, 5.74) is 0. The summed E-state index contributed by atoms with van der Waals surface area (Å²) in [6.07, 6.45) is 2.59. The summed E-state index contributed by atoms with van der Waals surface area (Å²) in [4.78, 5) is 2.52. The van der Waals surface area contributed by atoms with Gasteiger partial charge in [-0.05, 0) is 6.92 Å². The molecule has 0 spiro atoms. The lowest BCUT2D eigenvalue weighted by Gasteiger charge is -2.39. The van der Waals surface area contributed by atoms with Gasteiger partial charge < -0.3 is 9.29 Å². The van der Waals surface area contributed by atoms with E-state index in [1.807, 2.05) is 0 Å². The van der Waals surface area contributed by atoms with Gasteiger partial charge in [0.1, 0.15) is 11.5 Å². The lowest BCUT2D eigenvalue weighted by atomic mass is 10.1. The number of hydrogen-bond donors (Lipinski definition) is 0. The van der Waals surface area contributed by atoms with Crippen LogP contribution in [-0.2, 0) is 15.9 Å². The van der Waals surface area contributed by atoms with Crippen LogP contribution >= 0.6 is 0 Å². The van der Waals surface area contributed by atoms with Crippen LogP contribution in [0.15, 0.2) is 0 Å². The van der Waals surface area contributed by atoms with E-state index in [2.05, 4.69) is 11.8 Å². The Morgan fingerprint density at radius 2 is 2.07 bits per heavy atom. The first-order chi connectivity index (χ1) is 6.75. The van der Waals surface area contributed by atoms with Gasteiger partial charge in [0.2, 0.25) is 0 Å². The maximum atomic E-state index is 11.2. The van der Waals surface area contributed by atoms with Crippen molar-refractivity contribution in [2.24, 2.45) is 0 Å². The van der Waals surface area contributed by atoms with Crippen LogP contribution in [0.25, 0.3) is 0 Å². The SMILES string of the molecule is CC1CN(C2CC[S+]([O-])CC2)CCO1. The van der Waals surface area contributed by atoms with Gasteiger partial charge in [0.15, 0.2) is 0 Å². The molecule has 0 aromatic rings. The van der Waals surface area contributed by atoms with Crippen LogP contribution in [0.2, 0.25) is 0 Å². The normalized spacial score (nSPS) is 41.1. The van der Waals surface area contributed by atoms with E-state index in [0.29, 0.717) is 12.1 Å². The van der Waals surface area contributed by atoms with E-state index in [1.165, 1.54) is 0 Å². The lowest BCUT2D eigenvalue weighted by Crippen LogP contribution is -2.49. The number of morpholine rings is 1. The molecule has 0 amide bonds. The highest BCUT2D eigenvalue weighted by molar-refractivity contribution is 7.91. The van der Waals surface area contributed by atoms with E-state index in [4.69, 9.17) is 4.74 Å². The minimum Gasteiger partial charge on any atom is -0.616 e. The summed E-state index contributed by atoms with van der Waals surface area (Å²) in [6.45, 7) is 5.10. The Morgan fingerprint density at radius 1 is 1.36 bits per heavy atom. The molecule has 1 atom stereocenters. The van der Waals surface area contributed by atoms with Gasteiger partial charge in [-0.1, -0.05) is 11.2 Å². The summed E-state index contributed by atoms with van der Waals surface area (Å²) in [5.74, 6) is 1.80. The molecule has 2 heterocycles. The lowest BCUT2D eigenvalue weighted by molar-refractivity contribution is -0.0353. The molecule has 2 aliphatic rings. The molecule has 4 heteroatoms. The summed E-state index contributed by atoms with van der Waals surface area (Å²) in [5, 5.41) is 0. The monoisotopic (exact) mass is 217 g/mol. The fourth-order valence-corrected chi connectivity index (χ4v) is 3.60. The third-order valence-corrected chi connectivity index (χ3v) is 4.53. The van der Waals surface area contributed by atoms with Crippen molar-refractivity contribution in [1.29, 1.82) is 0 Å². The second kappa shape index (κ2) is 4.84. The Hall–Kier alpha value is 0.230. The highest BCUT2D eigenvalue weighted by atomic mass is 32.2. The molecule has 14 heavy (non-hydrogen) atoms. The van der Waals surface area contributed by atoms with Gasteiger partial charge in [-0.25, -0.2) is 0 Å². The molecule has 3 nitrogen and oxygen atoms in total. The van der Waals surface area contributed by atoms with Gasteiger partial charge in [0.25, 0.3) is 0 Å². The van der Waals surface area contributed by atoms with Crippen molar-refractivity contribution < 1.29 is 9.29 Å². The molecule has 0 N–H and O–H groups in total. The standard InChI is InChI=1S/C10H19NO2S/c1-9-8-11(4-5-13-9)10-2-6-14(12)7-3-10/h9-10H,2-8H2,1H3. The molecule has 0 saturated carbocycles. The molecule has 2 rings (SSSR count). The van der Waals surface area contributed by atoms with Crippen LogP contribution < -0.4 is 0 Å². The average molecular weight is 217 g/mol. The number of ether oxygens (including phenoxy) is 1. The smallest absolute Gasteiger partial charge is 0.107 e. The van der Waals surface area contributed by atoms with Crippen molar-refractivity contribution in [3.05, 3.63) is 0 Å². The van der Waals surface area contributed by atoms with Crippen LogP contribution in [-0.4, -0.2) is 52.8 Å². The van der Waals surface area contributed by atoms with Crippen molar-refractivity contribution in [3.63, 3.8) is 0 Å². The van der Waals surface area contributed by atoms with Crippen LogP contribution in [0.1, 0.15) is 19.8 Å². The first-order valence-corrected chi connectivity index (χ1v) is 6.95. The van der Waals surface area contributed by atoms with Crippen LogP contribution in [0.3, 0.4) is 0 Å². The Kier molecular flexibility index (Phi) is 3.71. The van der Waals surface area contributed by atoms with Crippen molar-refractivity contribution in [2.45, 2.75) is 31.9 Å². The van der Waals surface area contributed by atoms with Crippen LogP contribution in [0.5, 0.6) is 0 Å². The largest absolute Gasteiger partial charge is 0.616 e. The number of hydrogen-bond acceptors (Lipinski definition) is 3. The summed E-state index contributed by atoms with van der Waals surface area (Å²) >= 11 is -0.532. The van der Waals surface area contributed by atoms with Crippen molar-refractivity contribution in [2.75, 3.05) is 31.2 Å².